The van der Waals surface area contributed by atoms with E-state index in [9.17, 15) is 56.2 Å². The fourth-order valence-electron chi connectivity index (χ4n) is 11.0. The van der Waals surface area contributed by atoms with Crippen molar-refractivity contribution in [2.24, 2.45) is 0 Å². The van der Waals surface area contributed by atoms with Crippen LogP contribution in [0.15, 0.2) is 0 Å². The van der Waals surface area contributed by atoms with Crippen molar-refractivity contribution in [2.75, 3.05) is 52.9 Å². The summed E-state index contributed by atoms with van der Waals surface area (Å²) in [4.78, 5) is 0. The molecule has 1 aromatic carbocycles. The first kappa shape index (κ1) is 69.0. The van der Waals surface area contributed by atoms with Crippen molar-refractivity contribution >= 4 is 0 Å². The zero-order chi connectivity index (χ0) is 57.1. The Hall–Kier alpha value is -1.50. The highest BCUT2D eigenvalue weighted by Crippen LogP contribution is 2.44. The number of unbranched alkanes of at least 4 members (excludes halogenated alkanes) is 6. The third-order valence-electron chi connectivity index (χ3n) is 16.2. The van der Waals surface area contributed by atoms with Crippen LogP contribution in [0.25, 0.3) is 0 Å². The normalized spacial score (nSPS) is 24.7. The molecule has 456 valence electrons. The molecule has 0 bridgehead atoms. The minimum atomic E-state index is -1.18. The van der Waals surface area contributed by atoms with E-state index in [0.717, 1.165) is 110 Å². The Morgan fingerprint density at radius 1 is 0.282 bits per heavy atom. The number of aliphatic hydroxyl groups is 11. The zero-order valence-corrected chi connectivity index (χ0v) is 48.5. The highest BCUT2D eigenvalue weighted by molar-refractivity contribution is 5.57. The molecule has 18 nitrogen and oxygen atoms in total. The van der Waals surface area contributed by atoms with Gasteiger partial charge < -0.3 is 89.3 Å². The van der Waals surface area contributed by atoms with E-state index in [1.807, 2.05) is 34.6 Å². The van der Waals surface area contributed by atoms with Crippen molar-refractivity contribution in [3.63, 3.8) is 0 Å². The third kappa shape index (κ3) is 22.2. The monoisotopic (exact) mass is 1120 g/mol. The van der Waals surface area contributed by atoms with Crippen LogP contribution in [0, 0.1) is 0 Å². The summed E-state index contributed by atoms with van der Waals surface area (Å²) < 4.78 is 45.3. The second-order valence-corrected chi connectivity index (χ2v) is 22.8. The van der Waals surface area contributed by atoms with Gasteiger partial charge in [-0.2, -0.15) is 0 Å². The van der Waals surface area contributed by atoms with Gasteiger partial charge in [0.2, 0.25) is 0 Å². The van der Waals surface area contributed by atoms with E-state index in [1.165, 1.54) is 0 Å². The van der Waals surface area contributed by atoms with Gasteiger partial charge >= 0.3 is 0 Å². The van der Waals surface area contributed by atoms with Crippen molar-refractivity contribution in [3.05, 3.63) is 33.4 Å². The standard InChI is InChI=1S/C60H108O18/c1-7-13-19-45(62)50(67)33-74-56-26-40-39(25-55(56)73-32-38(61)31-72-24-18-12-6)41-27-57(75-34-51(68)46(63)20-14-8-2)59(77-36-53(70)48(65)22-16-10-4)29-43(41)44-30-60(78-37-54(71)49(66)23-17-11-5)58(28-42(40)44)76-35-52(69)47(64)21-15-9-3/h38,45-71H,7-37H2,1-6H3. The summed E-state index contributed by atoms with van der Waals surface area (Å²) in [6, 6.07) is 0. The molecule has 78 heavy (non-hydrogen) atoms. The average Bonchev–Trinajstić information content (AvgIpc) is 3.49. The Balaban J connectivity index is 1.89. The van der Waals surface area contributed by atoms with E-state index in [-0.39, 0.29) is 71.9 Å². The predicted molar refractivity (Wildman–Crippen MR) is 297 cm³/mol. The second-order valence-electron chi connectivity index (χ2n) is 22.8. The minimum absolute atomic E-state index is 0.0620. The van der Waals surface area contributed by atoms with E-state index >= 15 is 0 Å². The van der Waals surface area contributed by atoms with Crippen molar-refractivity contribution in [2.45, 2.75) is 293 Å². The Morgan fingerprint density at radius 2 is 0.487 bits per heavy atom. The summed E-state index contributed by atoms with van der Waals surface area (Å²) in [5.41, 5.74) is 5.69. The highest BCUT2D eigenvalue weighted by atomic mass is 16.6. The smallest absolute Gasteiger partial charge is 0.103 e. The molecule has 0 saturated carbocycles. The van der Waals surface area contributed by atoms with E-state index in [2.05, 4.69) is 6.92 Å². The molecule has 0 aromatic heterocycles. The van der Waals surface area contributed by atoms with Crippen molar-refractivity contribution in [3.8, 4) is 0 Å². The van der Waals surface area contributed by atoms with Gasteiger partial charge in [-0.15, -0.1) is 0 Å². The zero-order valence-electron chi connectivity index (χ0n) is 48.5. The molecule has 1 aromatic rings. The van der Waals surface area contributed by atoms with Gasteiger partial charge in [0.1, 0.15) is 36.6 Å². The predicted octanol–water partition coefficient (Wildman–Crippen LogP) is 4.03. The van der Waals surface area contributed by atoms with Crippen LogP contribution in [0.4, 0.5) is 0 Å². The quantitative estimate of drug-likeness (QED) is 0.0412. The highest BCUT2D eigenvalue weighted by Gasteiger charge is 2.44. The Morgan fingerprint density at radius 3 is 0.692 bits per heavy atom. The lowest BCUT2D eigenvalue weighted by atomic mass is 9.69. The van der Waals surface area contributed by atoms with Crippen molar-refractivity contribution in [1.29, 1.82) is 0 Å². The lowest BCUT2D eigenvalue weighted by Gasteiger charge is -2.44. The molecule has 17 unspecified atom stereocenters. The molecular formula is C60H108O18. The van der Waals surface area contributed by atoms with Crippen LogP contribution < -0.4 is 0 Å². The van der Waals surface area contributed by atoms with E-state index in [1.54, 1.807) is 0 Å². The Labute approximate surface area is 467 Å². The Bertz CT molecular complexity index is 1690. The first-order chi connectivity index (χ1) is 37.5. The molecule has 4 rings (SSSR count). The van der Waals surface area contributed by atoms with Gasteiger partial charge in [-0.3, -0.25) is 0 Å². The van der Waals surface area contributed by atoms with E-state index in [4.69, 9.17) is 33.2 Å². The molecule has 18 heteroatoms. The summed E-state index contributed by atoms with van der Waals surface area (Å²) in [6.45, 7) is 11.7. The first-order valence-electron chi connectivity index (χ1n) is 30.4. The van der Waals surface area contributed by atoms with E-state index in [0.29, 0.717) is 51.6 Å². The fraction of sp³-hybridized carbons (Fsp3) is 0.900. The number of hydrogen-bond donors (Lipinski definition) is 11. The Kier molecular flexibility index (Phi) is 33.3. The molecule has 0 saturated heterocycles. The molecular weight excluding hydrogens is 1010 g/mol. The maximum atomic E-state index is 11.2. The molecule has 0 spiro atoms. The summed E-state index contributed by atoms with van der Waals surface area (Å²) in [5, 5.41) is 122. The van der Waals surface area contributed by atoms with Gasteiger partial charge in [-0.25, -0.2) is 0 Å². The number of rotatable bonds is 43. The van der Waals surface area contributed by atoms with Crippen LogP contribution in [0.5, 0.6) is 0 Å². The van der Waals surface area contributed by atoms with Crippen LogP contribution in [-0.4, -0.2) is 213 Å². The van der Waals surface area contributed by atoms with Crippen LogP contribution in [0.3, 0.4) is 0 Å². The maximum Gasteiger partial charge on any atom is 0.103 e. The maximum absolute atomic E-state index is 11.2. The number of ether oxygens (including phenoxy) is 7. The minimum Gasteiger partial charge on any atom is -0.390 e. The van der Waals surface area contributed by atoms with Crippen LogP contribution in [-0.2, 0) is 71.7 Å². The second kappa shape index (κ2) is 37.6. The van der Waals surface area contributed by atoms with Gasteiger partial charge in [-0.1, -0.05) is 112 Å². The lowest BCUT2D eigenvalue weighted by molar-refractivity contribution is -0.135. The molecule has 0 fully saturated rings. The van der Waals surface area contributed by atoms with Crippen molar-refractivity contribution in [1.82, 2.24) is 0 Å². The summed E-state index contributed by atoms with van der Waals surface area (Å²) in [7, 11) is 0. The molecule has 0 amide bonds. The van der Waals surface area contributed by atoms with Gasteiger partial charge in [0.05, 0.1) is 113 Å². The average molecular weight is 1120 g/mol. The summed E-state index contributed by atoms with van der Waals surface area (Å²) >= 11 is 0. The summed E-state index contributed by atoms with van der Waals surface area (Å²) in [6.07, 6.45) is -2.58. The van der Waals surface area contributed by atoms with E-state index < -0.39 is 104 Å². The third-order valence-corrected chi connectivity index (χ3v) is 16.2. The number of hydrogen-bond acceptors (Lipinski definition) is 18. The molecule has 3 aliphatic carbocycles. The largest absolute Gasteiger partial charge is 0.390 e. The molecule has 0 aliphatic heterocycles. The molecule has 17 atom stereocenters. The number of aliphatic hydroxyl groups excluding tert-OH is 11. The molecule has 0 radical (unpaired) electrons. The topological polar surface area (TPSA) is 287 Å². The number of benzene rings is 1. The first-order valence-corrected chi connectivity index (χ1v) is 30.4. The van der Waals surface area contributed by atoms with Gasteiger partial charge in [-0.05, 0) is 71.9 Å². The van der Waals surface area contributed by atoms with Gasteiger partial charge in [0, 0.05) is 45.1 Å². The van der Waals surface area contributed by atoms with Crippen LogP contribution in [0.2, 0.25) is 0 Å². The van der Waals surface area contributed by atoms with Gasteiger partial charge in [0.15, 0.2) is 0 Å². The lowest BCUT2D eigenvalue weighted by Crippen LogP contribution is -2.49. The fourth-order valence-corrected chi connectivity index (χ4v) is 11.0. The number of fused-ring (bicyclic) bond motifs is 6. The van der Waals surface area contributed by atoms with Gasteiger partial charge in [0.25, 0.3) is 0 Å². The molecule has 3 aliphatic rings. The van der Waals surface area contributed by atoms with Crippen LogP contribution >= 0.6 is 0 Å². The van der Waals surface area contributed by atoms with Crippen molar-refractivity contribution < 1.29 is 89.3 Å². The molecule has 11 N–H and O–H groups in total. The summed E-state index contributed by atoms with van der Waals surface area (Å²) in [5.74, 6) is 0. The SMILES string of the molecule is CCCCOCC(O)COC1Cc2c(c3c(c4c2CC(OCC(O)C(O)CCCC)C(OCC(O)C(O)CCCC)C4)CC(OCC(O)C(O)CCCC)C(OCC(O)C(O)CCCC)C3)CC1OCC(O)C(O)CCCC. The van der Waals surface area contributed by atoms with Crippen LogP contribution in [0.1, 0.15) is 184 Å². The molecule has 0 heterocycles.